The summed E-state index contributed by atoms with van der Waals surface area (Å²) in [6.45, 7) is 11.1. The van der Waals surface area contributed by atoms with Crippen LogP contribution in [0.4, 0.5) is 0 Å². The fraction of sp³-hybridized carbons (Fsp3) is 0.565. The molecule has 0 atom stereocenters. The van der Waals surface area contributed by atoms with Crippen LogP contribution in [0.3, 0.4) is 0 Å². The largest absolute Gasteiger partial charge is 0.383 e. The van der Waals surface area contributed by atoms with Gasteiger partial charge in [-0.1, -0.05) is 12.1 Å². The van der Waals surface area contributed by atoms with E-state index in [1.807, 2.05) is 19.1 Å². The molecule has 0 aliphatic carbocycles. The number of pyridine rings is 1. The van der Waals surface area contributed by atoms with E-state index in [1.54, 1.807) is 7.11 Å². The molecule has 1 aliphatic heterocycles. The van der Waals surface area contributed by atoms with Gasteiger partial charge in [-0.15, -0.1) is 0 Å². The third-order valence-electron chi connectivity index (χ3n) is 5.76. The van der Waals surface area contributed by atoms with Crippen molar-refractivity contribution < 1.29 is 9.47 Å². The number of nitrogens with one attached hydrogen (secondary N) is 2. The number of methoxy groups -OCH3 is 1. The van der Waals surface area contributed by atoms with Crippen LogP contribution in [0.5, 0.6) is 0 Å². The van der Waals surface area contributed by atoms with E-state index in [4.69, 9.17) is 21.7 Å². The standard InChI is InChI=1S/C23H34N4O3S/c1-17-5-6-18(2)21-20(17)15-19(22(28)25-21)16-27(23(31)24-7-12-29-3)9-4-8-26-10-13-30-14-11-26/h5-6,15H,4,7-14,16H2,1-3H3,(H,24,31)(H,25,28). The van der Waals surface area contributed by atoms with Crippen LogP contribution in [-0.2, 0) is 16.0 Å². The maximum absolute atomic E-state index is 12.8. The molecule has 0 saturated carbocycles. The van der Waals surface area contributed by atoms with Gasteiger partial charge in [0.2, 0.25) is 0 Å². The number of aryl methyl sites for hydroxylation is 2. The van der Waals surface area contributed by atoms with Gasteiger partial charge in [0.1, 0.15) is 0 Å². The lowest BCUT2D eigenvalue weighted by atomic mass is 10.0. The van der Waals surface area contributed by atoms with Crippen molar-refractivity contribution in [1.29, 1.82) is 0 Å². The van der Waals surface area contributed by atoms with Crippen molar-refractivity contribution >= 4 is 28.2 Å². The van der Waals surface area contributed by atoms with Crippen molar-refractivity contribution in [3.8, 4) is 0 Å². The number of ether oxygens (including phenoxy) is 2. The number of nitrogens with zero attached hydrogens (tertiary/aromatic N) is 2. The van der Waals surface area contributed by atoms with Crippen molar-refractivity contribution in [2.24, 2.45) is 0 Å². The van der Waals surface area contributed by atoms with Crippen LogP contribution in [0, 0.1) is 13.8 Å². The highest BCUT2D eigenvalue weighted by Crippen LogP contribution is 2.20. The smallest absolute Gasteiger partial charge is 0.253 e. The quantitative estimate of drug-likeness (QED) is 0.452. The fourth-order valence-electron chi connectivity index (χ4n) is 3.88. The zero-order valence-electron chi connectivity index (χ0n) is 18.8. The van der Waals surface area contributed by atoms with Crippen LogP contribution in [0.2, 0.25) is 0 Å². The van der Waals surface area contributed by atoms with Crippen molar-refractivity contribution in [3.05, 3.63) is 45.2 Å². The number of benzene rings is 1. The molecule has 1 aromatic heterocycles. The summed E-state index contributed by atoms with van der Waals surface area (Å²) >= 11 is 5.66. The molecule has 8 heteroatoms. The van der Waals surface area contributed by atoms with Gasteiger partial charge in [0.15, 0.2) is 5.11 Å². The average molecular weight is 447 g/mol. The van der Waals surface area contributed by atoms with E-state index in [2.05, 4.69) is 33.1 Å². The second kappa shape index (κ2) is 11.6. The summed E-state index contributed by atoms with van der Waals surface area (Å²) in [6, 6.07) is 6.15. The van der Waals surface area contributed by atoms with E-state index in [0.29, 0.717) is 24.8 Å². The zero-order valence-corrected chi connectivity index (χ0v) is 19.6. The van der Waals surface area contributed by atoms with Gasteiger partial charge in [0.05, 0.1) is 31.9 Å². The molecule has 1 aliphatic rings. The van der Waals surface area contributed by atoms with Crippen LogP contribution in [0.15, 0.2) is 23.0 Å². The first-order valence-corrected chi connectivity index (χ1v) is 11.3. The number of morpholine rings is 1. The summed E-state index contributed by atoms with van der Waals surface area (Å²) < 4.78 is 10.6. The molecule has 0 bridgehead atoms. The molecular weight excluding hydrogens is 412 g/mol. The Morgan fingerprint density at radius 1 is 1.29 bits per heavy atom. The number of thiocarbonyl (C=S) groups is 1. The van der Waals surface area contributed by atoms with Crippen molar-refractivity contribution in [2.75, 3.05) is 59.7 Å². The number of aromatic nitrogens is 1. The van der Waals surface area contributed by atoms with Gasteiger partial charge in [-0.05, 0) is 49.7 Å². The second-order valence-corrected chi connectivity index (χ2v) is 8.45. The average Bonchev–Trinajstić information content (AvgIpc) is 2.77. The summed E-state index contributed by atoms with van der Waals surface area (Å²) in [4.78, 5) is 20.4. The van der Waals surface area contributed by atoms with E-state index < -0.39 is 0 Å². The van der Waals surface area contributed by atoms with Gasteiger partial charge in [-0.25, -0.2) is 0 Å². The van der Waals surface area contributed by atoms with Gasteiger partial charge in [-0.3, -0.25) is 9.69 Å². The fourth-order valence-corrected chi connectivity index (χ4v) is 4.13. The Balaban J connectivity index is 1.74. The van der Waals surface area contributed by atoms with Gasteiger partial charge in [-0.2, -0.15) is 0 Å². The number of hydrogen-bond acceptors (Lipinski definition) is 5. The van der Waals surface area contributed by atoms with Gasteiger partial charge < -0.3 is 24.7 Å². The first-order chi connectivity index (χ1) is 15.0. The molecule has 0 spiro atoms. The highest BCUT2D eigenvalue weighted by atomic mass is 32.1. The molecule has 2 N–H and O–H groups in total. The number of aromatic amines is 1. The molecule has 1 fully saturated rings. The molecule has 0 radical (unpaired) electrons. The molecule has 3 rings (SSSR count). The predicted octanol–water partition coefficient (Wildman–Crippen LogP) is 2.19. The van der Waals surface area contributed by atoms with Gasteiger partial charge in [0, 0.05) is 50.8 Å². The Kier molecular flexibility index (Phi) is 8.83. The maximum atomic E-state index is 12.8. The summed E-state index contributed by atoms with van der Waals surface area (Å²) in [7, 11) is 1.67. The van der Waals surface area contributed by atoms with Crippen molar-refractivity contribution in [1.82, 2.24) is 20.1 Å². The van der Waals surface area contributed by atoms with Crippen molar-refractivity contribution in [3.63, 3.8) is 0 Å². The molecule has 170 valence electrons. The van der Waals surface area contributed by atoms with E-state index in [0.717, 1.165) is 73.4 Å². The normalized spacial score (nSPS) is 14.7. The topological polar surface area (TPSA) is 69.8 Å². The molecular formula is C23H34N4O3S. The Bertz CT molecular complexity index is 940. The Morgan fingerprint density at radius 3 is 2.77 bits per heavy atom. The first-order valence-electron chi connectivity index (χ1n) is 10.9. The number of fused-ring (bicyclic) bond motifs is 1. The minimum atomic E-state index is -0.0564. The molecule has 0 amide bonds. The summed E-state index contributed by atoms with van der Waals surface area (Å²) in [5, 5.41) is 4.99. The van der Waals surface area contributed by atoms with Crippen LogP contribution in [-0.4, -0.2) is 79.6 Å². The Labute approximate surface area is 189 Å². The Hall–Kier alpha value is -2.00. The lowest BCUT2D eigenvalue weighted by molar-refractivity contribution is 0.0367. The molecule has 2 aromatic rings. The van der Waals surface area contributed by atoms with E-state index in [-0.39, 0.29) is 5.56 Å². The van der Waals surface area contributed by atoms with E-state index >= 15 is 0 Å². The minimum absolute atomic E-state index is 0.0564. The summed E-state index contributed by atoms with van der Waals surface area (Å²) in [5.74, 6) is 0. The molecule has 0 unspecified atom stereocenters. The summed E-state index contributed by atoms with van der Waals surface area (Å²) in [6.07, 6.45) is 0.968. The van der Waals surface area contributed by atoms with Crippen LogP contribution < -0.4 is 10.9 Å². The molecule has 2 heterocycles. The monoisotopic (exact) mass is 446 g/mol. The minimum Gasteiger partial charge on any atom is -0.383 e. The van der Waals surface area contributed by atoms with Crippen LogP contribution >= 0.6 is 12.2 Å². The lowest BCUT2D eigenvalue weighted by Crippen LogP contribution is -2.43. The maximum Gasteiger partial charge on any atom is 0.253 e. The van der Waals surface area contributed by atoms with Crippen LogP contribution in [0.25, 0.3) is 10.9 Å². The molecule has 31 heavy (non-hydrogen) atoms. The molecule has 1 aromatic carbocycles. The summed E-state index contributed by atoms with van der Waals surface area (Å²) in [5.41, 5.74) is 3.80. The van der Waals surface area contributed by atoms with E-state index in [9.17, 15) is 4.79 Å². The van der Waals surface area contributed by atoms with Gasteiger partial charge in [0.25, 0.3) is 5.56 Å². The zero-order chi connectivity index (χ0) is 22.2. The number of hydrogen-bond donors (Lipinski definition) is 2. The third kappa shape index (κ3) is 6.49. The highest BCUT2D eigenvalue weighted by molar-refractivity contribution is 7.80. The van der Waals surface area contributed by atoms with Gasteiger partial charge >= 0.3 is 0 Å². The number of rotatable bonds is 9. The Morgan fingerprint density at radius 2 is 2.03 bits per heavy atom. The SMILES string of the molecule is COCCNC(=S)N(CCCN1CCOCC1)Cc1cc2c(C)ccc(C)c2[nH]c1=O. The highest BCUT2D eigenvalue weighted by Gasteiger charge is 2.16. The van der Waals surface area contributed by atoms with E-state index in [1.165, 1.54) is 0 Å². The third-order valence-corrected chi connectivity index (χ3v) is 6.16. The van der Waals surface area contributed by atoms with Crippen molar-refractivity contribution in [2.45, 2.75) is 26.8 Å². The molecule has 7 nitrogen and oxygen atoms in total. The second-order valence-electron chi connectivity index (χ2n) is 8.07. The first kappa shape index (κ1) is 23.7. The molecule has 1 saturated heterocycles. The predicted molar refractivity (Wildman–Crippen MR) is 129 cm³/mol. The van der Waals surface area contributed by atoms with Crippen LogP contribution in [0.1, 0.15) is 23.1 Å². The lowest BCUT2D eigenvalue weighted by Gasteiger charge is -2.29. The number of H-pyrrole nitrogens is 1.